The predicted octanol–water partition coefficient (Wildman–Crippen LogP) is 3.33. The molecule has 0 radical (unpaired) electrons. The first-order chi connectivity index (χ1) is 18.3. The number of anilines is 2. The predicted molar refractivity (Wildman–Crippen MR) is 145 cm³/mol. The molecule has 9 nitrogen and oxygen atoms in total. The monoisotopic (exact) mass is 558 g/mol. The van der Waals surface area contributed by atoms with Gasteiger partial charge in [-0.05, 0) is 49.1 Å². The lowest BCUT2D eigenvalue weighted by molar-refractivity contribution is -0.136. The number of amides is 5. The number of hydrogen-bond acceptors (Lipinski definition) is 6. The summed E-state index contributed by atoms with van der Waals surface area (Å²) in [6, 6.07) is 11.6. The van der Waals surface area contributed by atoms with E-state index in [0.717, 1.165) is 16.2 Å². The Kier molecular flexibility index (Phi) is 9.01. The first kappa shape index (κ1) is 27.6. The van der Waals surface area contributed by atoms with Gasteiger partial charge >= 0.3 is 0 Å². The minimum absolute atomic E-state index is 0.0369. The number of alkyl halides is 2. The van der Waals surface area contributed by atoms with Gasteiger partial charge in [-0.1, -0.05) is 18.2 Å². The molecule has 0 aliphatic carbocycles. The van der Waals surface area contributed by atoms with Crippen LogP contribution in [0.5, 0.6) is 0 Å². The fourth-order valence-corrected chi connectivity index (χ4v) is 5.14. The van der Waals surface area contributed by atoms with E-state index in [1.54, 1.807) is 12.1 Å². The second-order valence-electron chi connectivity index (χ2n) is 9.11. The SMILES string of the molecule is O=C1CCC(N2C(=O)c3cccc(NC(=O)CCCc4ccc(N(CCCl)CCCl)cc4)c3C2=O)C(=O)N1. The van der Waals surface area contributed by atoms with Gasteiger partial charge in [0.1, 0.15) is 6.04 Å². The van der Waals surface area contributed by atoms with Crippen LogP contribution in [0.1, 0.15) is 52.0 Å². The Morgan fingerprint density at radius 3 is 2.37 bits per heavy atom. The highest BCUT2D eigenvalue weighted by molar-refractivity contribution is 6.26. The summed E-state index contributed by atoms with van der Waals surface area (Å²) in [6.45, 7) is 1.41. The largest absolute Gasteiger partial charge is 0.369 e. The van der Waals surface area contributed by atoms with Gasteiger partial charge in [-0.3, -0.25) is 34.2 Å². The summed E-state index contributed by atoms with van der Waals surface area (Å²) in [6.07, 6.45) is 1.59. The first-order valence-electron chi connectivity index (χ1n) is 12.4. The van der Waals surface area contributed by atoms with Crippen molar-refractivity contribution in [2.24, 2.45) is 0 Å². The molecule has 0 bridgehead atoms. The average molecular weight is 559 g/mol. The minimum atomic E-state index is -1.06. The molecule has 38 heavy (non-hydrogen) atoms. The Hall–Kier alpha value is -3.43. The van der Waals surface area contributed by atoms with Crippen molar-refractivity contribution < 1.29 is 24.0 Å². The molecule has 2 N–H and O–H groups in total. The van der Waals surface area contributed by atoms with Crippen molar-refractivity contribution in [2.45, 2.75) is 38.1 Å². The number of halogens is 2. The maximum atomic E-state index is 13.2. The zero-order chi connectivity index (χ0) is 27.2. The van der Waals surface area contributed by atoms with Crippen LogP contribution < -0.4 is 15.5 Å². The normalized spacial score (nSPS) is 16.9. The fourth-order valence-electron chi connectivity index (χ4n) is 4.73. The number of aryl methyl sites for hydroxylation is 1. The number of carbonyl (C=O) groups is 5. The van der Waals surface area contributed by atoms with Crippen LogP contribution in [0.25, 0.3) is 0 Å². The van der Waals surface area contributed by atoms with Crippen LogP contribution >= 0.6 is 23.2 Å². The van der Waals surface area contributed by atoms with Crippen molar-refractivity contribution in [1.29, 1.82) is 0 Å². The maximum Gasteiger partial charge on any atom is 0.264 e. The number of benzene rings is 2. The molecular weight excluding hydrogens is 531 g/mol. The third kappa shape index (κ3) is 6.00. The van der Waals surface area contributed by atoms with E-state index in [-0.39, 0.29) is 42.0 Å². The second-order valence-corrected chi connectivity index (χ2v) is 9.86. The zero-order valence-corrected chi connectivity index (χ0v) is 22.2. The van der Waals surface area contributed by atoms with Crippen LogP contribution in [0.4, 0.5) is 11.4 Å². The van der Waals surface area contributed by atoms with Gasteiger partial charge in [0.05, 0.1) is 16.8 Å². The van der Waals surface area contributed by atoms with Gasteiger partial charge in [0.15, 0.2) is 0 Å². The molecule has 2 aliphatic rings. The summed E-state index contributed by atoms with van der Waals surface area (Å²) in [7, 11) is 0. The third-order valence-corrected chi connectivity index (χ3v) is 6.96. The molecule has 1 fully saturated rings. The van der Waals surface area contributed by atoms with Crippen LogP contribution in [-0.4, -0.2) is 65.3 Å². The molecule has 200 valence electrons. The molecule has 0 spiro atoms. The van der Waals surface area contributed by atoms with Crippen LogP contribution in [0, 0.1) is 0 Å². The summed E-state index contributed by atoms with van der Waals surface area (Å²) >= 11 is 11.8. The number of imide groups is 2. The summed E-state index contributed by atoms with van der Waals surface area (Å²) in [5.41, 5.74) is 2.53. The number of rotatable bonds is 11. The van der Waals surface area contributed by atoms with Crippen LogP contribution in [0.2, 0.25) is 0 Å². The zero-order valence-electron chi connectivity index (χ0n) is 20.7. The van der Waals surface area contributed by atoms with Crippen molar-refractivity contribution >= 4 is 64.1 Å². The number of piperidine rings is 1. The average Bonchev–Trinajstić information content (AvgIpc) is 3.15. The molecule has 1 atom stereocenters. The highest BCUT2D eigenvalue weighted by atomic mass is 35.5. The number of carbonyl (C=O) groups excluding carboxylic acids is 5. The van der Waals surface area contributed by atoms with Crippen molar-refractivity contribution in [3.8, 4) is 0 Å². The van der Waals surface area contributed by atoms with E-state index in [4.69, 9.17) is 23.2 Å². The number of hydrogen-bond donors (Lipinski definition) is 2. The van der Waals surface area contributed by atoms with Crippen molar-refractivity contribution in [3.05, 3.63) is 59.2 Å². The molecule has 0 aromatic heterocycles. The summed E-state index contributed by atoms with van der Waals surface area (Å²) < 4.78 is 0. The Labute approximate surface area is 230 Å². The van der Waals surface area contributed by atoms with E-state index in [0.29, 0.717) is 37.7 Å². The Morgan fingerprint density at radius 2 is 1.71 bits per heavy atom. The van der Waals surface area contributed by atoms with Gasteiger partial charge in [0.25, 0.3) is 11.8 Å². The summed E-state index contributed by atoms with van der Waals surface area (Å²) in [4.78, 5) is 65.6. The highest BCUT2D eigenvalue weighted by Gasteiger charge is 2.45. The minimum Gasteiger partial charge on any atom is -0.369 e. The van der Waals surface area contributed by atoms with E-state index >= 15 is 0 Å². The number of fused-ring (bicyclic) bond motifs is 1. The lowest BCUT2D eigenvalue weighted by Crippen LogP contribution is -2.54. The third-order valence-electron chi connectivity index (χ3n) is 6.62. The summed E-state index contributed by atoms with van der Waals surface area (Å²) in [5.74, 6) is -1.67. The molecule has 11 heteroatoms. The molecule has 1 saturated heterocycles. The molecule has 2 aromatic rings. The molecule has 2 aromatic carbocycles. The highest BCUT2D eigenvalue weighted by Crippen LogP contribution is 2.32. The van der Waals surface area contributed by atoms with Gasteiger partial charge in [-0.2, -0.15) is 0 Å². The van der Waals surface area contributed by atoms with Gasteiger partial charge in [0.2, 0.25) is 17.7 Å². The Morgan fingerprint density at radius 1 is 1.00 bits per heavy atom. The molecule has 2 heterocycles. The molecule has 2 aliphatic heterocycles. The van der Waals surface area contributed by atoms with E-state index in [9.17, 15) is 24.0 Å². The van der Waals surface area contributed by atoms with E-state index < -0.39 is 29.7 Å². The Bertz CT molecular complexity index is 1240. The van der Waals surface area contributed by atoms with Gasteiger partial charge in [0, 0.05) is 43.4 Å². The lowest BCUT2D eigenvalue weighted by Gasteiger charge is -2.27. The first-order valence-corrected chi connectivity index (χ1v) is 13.5. The van der Waals surface area contributed by atoms with Crippen molar-refractivity contribution in [3.63, 3.8) is 0 Å². The van der Waals surface area contributed by atoms with Crippen LogP contribution in [-0.2, 0) is 20.8 Å². The van der Waals surface area contributed by atoms with Gasteiger partial charge in [-0.15, -0.1) is 23.2 Å². The van der Waals surface area contributed by atoms with Gasteiger partial charge in [-0.25, -0.2) is 0 Å². The Balaban J connectivity index is 1.35. The quantitative estimate of drug-likeness (QED) is 0.323. The van der Waals surface area contributed by atoms with Crippen LogP contribution in [0.3, 0.4) is 0 Å². The fraction of sp³-hybridized carbons (Fsp3) is 0.370. The maximum absolute atomic E-state index is 13.2. The molecule has 1 unspecified atom stereocenters. The molecule has 0 saturated carbocycles. The molecule has 4 rings (SSSR count). The topological polar surface area (TPSA) is 116 Å². The van der Waals surface area contributed by atoms with E-state index in [1.165, 1.54) is 6.07 Å². The lowest BCUT2D eigenvalue weighted by atomic mass is 10.0. The molecule has 5 amide bonds. The van der Waals surface area contributed by atoms with Crippen LogP contribution in [0.15, 0.2) is 42.5 Å². The number of nitrogens with zero attached hydrogens (tertiary/aromatic N) is 2. The molecular formula is C27H28Cl2N4O5. The van der Waals surface area contributed by atoms with Crippen molar-refractivity contribution in [2.75, 3.05) is 35.1 Å². The number of nitrogens with one attached hydrogen (secondary N) is 2. The summed E-state index contributed by atoms with van der Waals surface area (Å²) in [5, 5.41) is 4.92. The van der Waals surface area contributed by atoms with E-state index in [1.807, 2.05) is 24.3 Å². The standard InChI is InChI=1S/C27H28Cl2N4O5/c28-13-15-32(16-14-29)18-9-7-17(8-10-18)3-1-6-22(34)30-20-5-2-4-19-24(20)27(38)33(26(19)37)21-11-12-23(35)31-25(21)36/h2,4-5,7-10,21H,1,3,6,11-16H2,(H,30,34)(H,31,35,36). The van der Waals surface area contributed by atoms with E-state index in [2.05, 4.69) is 15.5 Å². The smallest absolute Gasteiger partial charge is 0.264 e. The van der Waals surface area contributed by atoms with Crippen molar-refractivity contribution in [1.82, 2.24) is 10.2 Å². The van der Waals surface area contributed by atoms with Gasteiger partial charge < -0.3 is 10.2 Å². The second kappa shape index (κ2) is 12.4.